The smallest absolute Gasteiger partial charge is 0.308 e. The van der Waals surface area contributed by atoms with Crippen LogP contribution < -0.4 is 4.74 Å². The normalized spacial score (nSPS) is 19.9. The van der Waals surface area contributed by atoms with Crippen LogP contribution >= 0.6 is 0 Å². The summed E-state index contributed by atoms with van der Waals surface area (Å²) in [5.74, 6) is -1.83. The molecule has 114 valence electrons. The van der Waals surface area contributed by atoms with Gasteiger partial charge in [0.1, 0.15) is 11.6 Å². The number of rotatable bonds is 4. The summed E-state index contributed by atoms with van der Waals surface area (Å²) in [6, 6.07) is 5.58. The van der Waals surface area contributed by atoms with Gasteiger partial charge in [0.25, 0.3) is 5.91 Å². The molecule has 0 saturated carbocycles. The molecule has 1 heterocycles. The lowest BCUT2D eigenvalue weighted by molar-refractivity contribution is -0.147. The first-order valence-corrected chi connectivity index (χ1v) is 6.91. The maximum atomic E-state index is 13.1. The molecule has 1 aromatic rings. The second-order valence-electron chi connectivity index (χ2n) is 5.18. The zero-order valence-corrected chi connectivity index (χ0v) is 11.8. The number of amides is 1. The molecular formula is C15H18FNO4. The number of benzene rings is 1. The SMILES string of the molecule is CC(Oc1cccc(F)c1)C(=O)N1CCC[C@@H](C(=O)O)C1. The summed E-state index contributed by atoms with van der Waals surface area (Å²) in [5.41, 5.74) is 0. The minimum absolute atomic E-state index is 0.199. The van der Waals surface area contributed by atoms with Gasteiger partial charge >= 0.3 is 5.97 Å². The van der Waals surface area contributed by atoms with Gasteiger partial charge in [-0.2, -0.15) is 0 Å². The van der Waals surface area contributed by atoms with Crippen LogP contribution in [0.1, 0.15) is 19.8 Å². The lowest BCUT2D eigenvalue weighted by Gasteiger charge is -2.32. The minimum atomic E-state index is -0.883. The van der Waals surface area contributed by atoms with E-state index in [0.29, 0.717) is 19.4 Å². The molecule has 1 unspecified atom stereocenters. The Hall–Kier alpha value is -2.11. The molecule has 0 bridgehead atoms. The second kappa shape index (κ2) is 6.56. The zero-order chi connectivity index (χ0) is 15.4. The van der Waals surface area contributed by atoms with Gasteiger partial charge < -0.3 is 14.7 Å². The zero-order valence-electron chi connectivity index (χ0n) is 11.8. The Morgan fingerprint density at radius 3 is 2.90 bits per heavy atom. The van der Waals surface area contributed by atoms with Gasteiger partial charge in [-0.05, 0) is 31.9 Å². The first-order chi connectivity index (χ1) is 9.97. The number of carboxylic acids is 1. The third kappa shape index (κ3) is 3.93. The van der Waals surface area contributed by atoms with E-state index in [1.54, 1.807) is 13.0 Å². The Balaban J connectivity index is 1.97. The number of hydrogen-bond acceptors (Lipinski definition) is 3. The molecular weight excluding hydrogens is 277 g/mol. The molecule has 1 aromatic carbocycles. The van der Waals surface area contributed by atoms with E-state index in [-0.39, 0.29) is 18.2 Å². The lowest BCUT2D eigenvalue weighted by Crippen LogP contribution is -2.47. The van der Waals surface area contributed by atoms with Crippen molar-refractivity contribution in [3.63, 3.8) is 0 Å². The molecule has 1 N–H and O–H groups in total. The summed E-state index contributed by atoms with van der Waals surface area (Å²) in [7, 11) is 0. The van der Waals surface area contributed by atoms with Crippen LogP contribution in [0.4, 0.5) is 4.39 Å². The summed E-state index contributed by atoms with van der Waals surface area (Å²) < 4.78 is 18.5. The molecule has 2 atom stereocenters. The van der Waals surface area contributed by atoms with E-state index in [1.807, 2.05) is 0 Å². The number of hydrogen-bond donors (Lipinski definition) is 1. The van der Waals surface area contributed by atoms with E-state index in [2.05, 4.69) is 0 Å². The van der Waals surface area contributed by atoms with E-state index in [4.69, 9.17) is 9.84 Å². The predicted octanol–water partition coefficient (Wildman–Crippen LogP) is 1.92. The van der Waals surface area contributed by atoms with E-state index < -0.39 is 23.8 Å². The van der Waals surface area contributed by atoms with E-state index in [1.165, 1.54) is 23.1 Å². The van der Waals surface area contributed by atoms with Gasteiger partial charge in [-0.3, -0.25) is 9.59 Å². The second-order valence-corrected chi connectivity index (χ2v) is 5.18. The van der Waals surface area contributed by atoms with Crippen molar-refractivity contribution in [3.05, 3.63) is 30.1 Å². The Morgan fingerprint density at radius 1 is 1.48 bits per heavy atom. The minimum Gasteiger partial charge on any atom is -0.481 e. The van der Waals surface area contributed by atoms with Gasteiger partial charge in [0.15, 0.2) is 6.10 Å². The highest BCUT2D eigenvalue weighted by atomic mass is 19.1. The van der Waals surface area contributed by atoms with Crippen molar-refractivity contribution in [3.8, 4) is 5.75 Å². The maximum Gasteiger partial charge on any atom is 0.308 e. The number of carboxylic acid groups (broad SMARTS) is 1. The third-order valence-corrected chi connectivity index (χ3v) is 3.54. The van der Waals surface area contributed by atoms with Crippen molar-refractivity contribution in [1.29, 1.82) is 0 Å². The standard InChI is InChI=1S/C15H18FNO4/c1-10(21-13-6-2-5-12(16)8-13)14(18)17-7-3-4-11(9-17)15(19)20/h2,5-6,8,10-11H,3-4,7,9H2,1H3,(H,19,20)/t10?,11-/m1/s1. The number of carbonyl (C=O) groups excluding carboxylic acids is 1. The molecule has 0 spiro atoms. The van der Waals surface area contributed by atoms with Crippen molar-refractivity contribution in [1.82, 2.24) is 4.90 Å². The highest BCUT2D eigenvalue weighted by molar-refractivity contribution is 5.82. The van der Waals surface area contributed by atoms with Gasteiger partial charge in [0.2, 0.25) is 0 Å². The number of likely N-dealkylation sites (tertiary alicyclic amines) is 1. The monoisotopic (exact) mass is 295 g/mol. The average Bonchev–Trinajstić information content (AvgIpc) is 2.46. The van der Waals surface area contributed by atoms with Crippen molar-refractivity contribution in [2.75, 3.05) is 13.1 Å². The van der Waals surface area contributed by atoms with E-state index in [0.717, 1.165) is 0 Å². The molecule has 1 amide bonds. The molecule has 5 nitrogen and oxygen atoms in total. The largest absolute Gasteiger partial charge is 0.481 e. The van der Waals surface area contributed by atoms with Crippen LogP contribution in [0.25, 0.3) is 0 Å². The summed E-state index contributed by atoms with van der Waals surface area (Å²) >= 11 is 0. The summed E-state index contributed by atoms with van der Waals surface area (Å²) in [6.07, 6.45) is 0.465. The van der Waals surface area contributed by atoms with Gasteiger partial charge in [0, 0.05) is 19.2 Å². The molecule has 1 fully saturated rings. The topological polar surface area (TPSA) is 66.8 Å². The molecule has 0 aromatic heterocycles. The number of aliphatic carboxylic acids is 1. The fourth-order valence-corrected chi connectivity index (χ4v) is 2.43. The molecule has 6 heteroatoms. The number of carbonyl (C=O) groups is 2. The number of halogens is 1. The lowest BCUT2D eigenvalue weighted by atomic mass is 9.98. The Morgan fingerprint density at radius 2 is 2.24 bits per heavy atom. The van der Waals surface area contributed by atoms with Crippen LogP contribution in [-0.4, -0.2) is 41.1 Å². The van der Waals surface area contributed by atoms with Crippen LogP contribution in [0.15, 0.2) is 24.3 Å². The van der Waals surface area contributed by atoms with Crippen LogP contribution in [0.5, 0.6) is 5.75 Å². The quantitative estimate of drug-likeness (QED) is 0.921. The summed E-state index contributed by atoms with van der Waals surface area (Å²) in [5, 5.41) is 9.03. The highest BCUT2D eigenvalue weighted by Crippen LogP contribution is 2.19. The van der Waals surface area contributed by atoms with Gasteiger partial charge in [-0.1, -0.05) is 6.07 Å². The molecule has 0 radical (unpaired) electrons. The molecule has 1 aliphatic heterocycles. The first-order valence-electron chi connectivity index (χ1n) is 6.91. The molecule has 0 aliphatic carbocycles. The number of piperidine rings is 1. The van der Waals surface area contributed by atoms with E-state index >= 15 is 0 Å². The molecule has 2 rings (SSSR count). The first kappa shape index (κ1) is 15.3. The Labute approximate surface area is 122 Å². The van der Waals surface area contributed by atoms with Crippen molar-refractivity contribution < 1.29 is 23.8 Å². The van der Waals surface area contributed by atoms with Gasteiger partial charge in [0.05, 0.1) is 5.92 Å². The third-order valence-electron chi connectivity index (χ3n) is 3.54. The van der Waals surface area contributed by atoms with Crippen LogP contribution in [0, 0.1) is 11.7 Å². The van der Waals surface area contributed by atoms with Crippen molar-refractivity contribution in [2.24, 2.45) is 5.92 Å². The average molecular weight is 295 g/mol. The Bertz CT molecular complexity index is 534. The fourth-order valence-electron chi connectivity index (χ4n) is 2.43. The molecule has 1 aliphatic rings. The number of ether oxygens (including phenoxy) is 1. The maximum absolute atomic E-state index is 13.1. The highest BCUT2D eigenvalue weighted by Gasteiger charge is 2.30. The van der Waals surface area contributed by atoms with Crippen LogP contribution in [0.2, 0.25) is 0 Å². The molecule has 21 heavy (non-hydrogen) atoms. The van der Waals surface area contributed by atoms with Gasteiger partial charge in [-0.25, -0.2) is 4.39 Å². The fraction of sp³-hybridized carbons (Fsp3) is 0.467. The van der Waals surface area contributed by atoms with Crippen LogP contribution in [0.3, 0.4) is 0 Å². The summed E-state index contributed by atoms with van der Waals surface area (Å²) in [4.78, 5) is 24.8. The summed E-state index contributed by atoms with van der Waals surface area (Å²) in [6.45, 7) is 2.31. The van der Waals surface area contributed by atoms with E-state index in [9.17, 15) is 14.0 Å². The number of nitrogens with zero attached hydrogens (tertiary/aromatic N) is 1. The molecule has 1 saturated heterocycles. The van der Waals surface area contributed by atoms with Crippen molar-refractivity contribution in [2.45, 2.75) is 25.9 Å². The van der Waals surface area contributed by atoms with Crippen LogP contribution in [-0.2, 0) is 9.59 Å². The predicted molar refractivity (Wildman–Crippen MR) is 73.4 cm³/mol. The van der Waals surface area contributed by atoms with Crippen molar-refractivity contribution >= 4 is 11.9 Å². The Kier molecular flexibility index (Phi) is 4.77. The van der Waals surface area contributed by atoms with Gasteiger partial charge in [-0.15, -0.1) is 0 Å².